The first kappa shape index (κ1) is 16.6. The van der Waals surface area contributed by atoms with Crippen molar-refractivity contribution in [3.63, 3.8) is 0 Å². The van der Waals surface area contributed by atoms with Crippen LogP contribution in [0.5, 0.6) is 0 Å². The maximum absolute atomic E-state index is 10.5. The van der Waals surface area contributed by atoms with Crippen LogP contribution in [0.1, 0.15) is 12.8 Å². The third-order valence-electron chi connectivity index (χ3n) is 2.37. The highest BCUT2D eigenvalue weighted by Crippen LogP contribution is 2.15. The molecule has 5 N–H and O–H groups in total. The molecule has 0 amide bonds. The Bertz CT molecular complexity index is 596. The lowest BCUT2D eigenvalue weighted by atomic mass is 10.2. The van der Waals surface area contributed by atoms with E-state index in [0.717, 1.165) is 5.52 Å². The van der Waals surface area contributed by atoms with Gasteiger partial charge in [0.15, 0.2) is 5.96 Å². The molecular formula is C13H16N4O3S. The summed E-state index contributed by atoms with van der Waals surface area (Å²) in [4.78, 5) is 24.6. The zero-order valence-corrected chi connectivity index (χ0v) is 12.0. The fraction of sp³-hybridized carbons (Fsp3) is 0.231. The molecule has 8 heteroatoms. The van der Waals surface area contributed by atoms with E-state index in [4.69, 9.17) is 16.2 Å². The number of carboxylic acids is 1. The zero-order chi connectivity index (χ0) is 15.7. The summed E-state index contributed by atoms with van der Waals surface area (Å²) < 4.78 is 1.26. The van der Waals surface area contributed by atoms with E-state index in [-0.39, 0.29) is 12.4 Å². The lowest BCUT2D eigenvalue weighted by molar-refractivity contribution is -0.149. The number of nitrogens with one attached hydrogen (secondary N) is 2. The predicted molar refractivity (Wildman–Crippen MR) is 81.4 cm³/mol. The Kier molecular flexibility index (Phi) is 6.82. The van der Waals surface area contributed by atoms with Gasteiger partial charge in [-0.3, -0.25) is 10.2 Å². The number of carboxylic acid groups (broad SMARTS) is 1. The summed E-state index contributed by atoms with van der Waals surface area (Å²) in [7, 11) is 0. The number of thiazole rings is 1. The number of benzene rings is 1. The monoisotopic (exact) mass is 308 g/mol. The minimum atomic E-state index is -1.42. The van der Waals surface area contributed by atoms with Crippen molar-refractivity contribution >= 4 is 39.3 Å². The third-order valence-corrected chi connectivity index (χ3v) is 3.18. The molecular weight excluding hydrogens is 292 g/mol. The zero-order valence-electron chi connectivity index (χ0n) is 11.2. The van der Waals surface area contributed by atoms with Gasteiger partial charge in [-0.05, 0) is 18.6 Å². The fourth-order valence-electron chi connectivity index (χ4n) is 1.38. The number of nitrogens with zero attached hydrogens (tertiary/aromatic N) is 1. The summed E-state index contributed by atoms with van der Waals surface area (Å²) in [5.74, 6) is -2.42. The minimum absolute atomic E-state index is 0.0321. The second kappa shape index (κ2) is 8.64. The Morgan fingerprint density at radius 2 is 2.10 bits per heavy atom. The van der Waals surface area contributed by atoms with Gasteiger partial charge in [-0.25, -0.2) is 9.78 Å². The van der Waals surface area contributed by atoms with Crippen molar-refractivity contribution in [3.8, 4) is 0 Å². The van der Waals surface area contributed by atoms with E-state index in [1.54, 1.807) is 11.3 Å². The first-order valence-corrected chi connectivity index (χ1v) is 7.01. The standard InChI is InChI=1S/C7H5NS.C6H11N3O3/c1-2-4-7-6(3-1)8-5-9-7;7-6(8)9-3-1-2-4(10)5(11)12/h1-5H;1-3H2,(H,11,12)(H4,7,8,9). The summed E-state index contributed by atoms with van der Waals surface area (Å²) in [6.45, 7) is 0.342. The minimum Gasteiger partial charge on any atom is -0.476 e. The Morgan fingerprint density at radius 3 is 2.71 bits per heavy atom. The molecule has 1 heterocycles. The number of nitrogens with two attached hydrogens (primary N) is 1. The van der Waals surface area contributed by atoms with Crippen LogP contribution in [0, 0.1) is 5.41 Å². The van der Waals surface area contributed by atoms with Gasteiger partial charge < -0.3 is 16.2 Å². The SMILES string of the molecule is N=C(N)NCCCC(=O)C(=O)O.c1ccc2scnc2c1. The van der Waals surface area contributed by atoms with Crippen LogP contribution in [0.4, 0.5) is 0 Å². The number of para-hydroxylation sites is 1. The number of rotatable bonds is 5. The van der Waals surface area contributed by atoms with Gasteiger partial charge in [0.05, 0.1) is 15.7 Å². The third kappa shape index (κ3) is 6.48. The molecule has 0 aliphatic rings. The van der Waals surface area contributed by atoms with E-state index < -0.39 is 11.8 Å². The van der Waals surface area contributed by atoms with Crippen molar-refractivity contribution in [3.05, 3.63) is 29.8 Å². The molecule has 0 saturated heterocycles. The van der Waals surface area contributed by atoms with E-state index in [1.165, 1.54) is 4.70 Å². The number of fused-ring (bicyclic) bond motifs is 1. The fourth-order valence-corrected chi connectivity index (χ4v) is 2.06. The van der Waals surface area contributed by atoms with Gasteiger partial charge in [-0.15, -0.1) is 11.3 Å². The number of carbonyl (C=O) groups excluding carboxylic acids is 1. The summed E-state index contributed by atoms with van der Waals surface area (Å²) in [5, 5.41) is 17.3. The molecule has 0 radical (unpaired) electrons. The number of hydrogen-bond donors (Lipinski definition) is 4. The van der Waals surface area contributed by atoms with Crippen LogP contribution in [0.15, 0.2) is 29.8 Å². The van der Waals surface area contributed by atoms with E-state index >= 15 is 0 Å². The van der Waals surface area contributed by atoms with Crippen molar-refractivity contribution in [2.24, 2.45) is 5.73 Å². The molecule has 0 aliphatic carbocycles. The molecule has 2 aromatic rings. The lowest BCUT2D eigenvalue weighted by Gasteiger charge is -2.00. The number of Topliss-reactive ketones (excluding diaryl/α,β-unsaturated/α-hetero) is 1. The van der Waals surface area contributed by atoms with Gasteiger partial charge >= 0.3 is 5.97 Å². The van der Waals surface area contributed by atoms with Crippen LogP contribution in [-0.4, -0.2) is 34.3 Å². The van der Waals surface area contributed by atoms with Gasteiger partial charge in [0.2, 0.25) is 5.78 Å². The first-order chi connectivity index (χ1) is 10.0. The molecule has 0 aliphatic heterocycles. The van der Waals surface area contributed by atoms with Crippen LogP contribution in [0.2, 0.25) is 0 Å². The van der Waals surface area contributed by atoms with Crippen molar-refractivity contribution in [2.45, 2.75) is 12.8 Å². The number of aromatic nitrogens is 1. The topological polar surface area (TPSA) is 129 Å². The van der Waals surface area contributed by atoms with Gasteiger partial charge in [0, 0.05) is 13.0 Å². The maximum Gasteiger partial charge on any atom is 0.372 e. The number of ketones is 1. The molecule has 1 aromatic heterocycles. The van der Waals surface area contributed by atoms with E-state index in [1.807, 2.05) is 23.7 Å². The van der Waals surface area contributed by atoms with E-state index in [2.05, 4.69) is 16.4 Å². The summed E-state index contributed by atoms with van der Waals surface area (Å²) >= 11 is 1.68. The number of hydrogen-bond acceptors (Lipinski definition) is 5. The Hall–Kier alpha value is -2.48. The van der Waals surface area contributed by atoms with Crippen LogP contribution >= 0.6 is 11.3 Å². The van der Waals surface area contributed by atoms with Gasteiger partial charge in [-0.1, -0.05) is 12.1 Å². The molecule has 0 bridgehead atoms. The second-order valence-electron chi connectivity index (χ2n) is 3.99. The highest BCUT2D eigenvalue weighted by atomic mass is 32.1. The Balaban J connectivity index is 0.000000216. The molecule has 0 fully saturated rings. The average Bonchev–Trinajstić information content (AvgIpc) is 2.92. The van der Waals surface area contributed by atoms with Crippen LogP contribution in [0.3, 0.4) is 0 Å². The number of carbonyl (C=O) groups is 2. The summed E-state index contributed by atoms with van der Waals surface area (Å²) in [6, 6.07) is 8.13. The first-order valence-electron chi connectivity index (χ1n) is 6.13. The summed E-state index contributed by atoms with van der Waals surface area (Å²) in [6.07, 6.45) is 0.334. The number of aliphatic carboxylic acids is 1. The van der Waals surface area contributed by atoms with Crippen LogP contribution in [0.25, 0.3) is 10.2 Å². The van der Waals surface area contributed by atoms with E-state index in [0.29, 0.717) is 13.0 Å². The van der Waals surface area contributed by atoms with Gasteiger partial charge in [0.25, 0.3) is 0 Å². The van der Waals surface area contributed by atoms with E-state index in [9.17, 15) is 9.59 Å². The smallest absolute Gasteiger partial charge is 0.372 e. The quantitative estimate of drug-likeness (QED) is 0.284. The molecule has 7 nitrogen and oxygen atoms in total. The van der Waals surface area contributed by atoms with Crippen molar-refractivity contribution in [1.29, 1.82) is 5.41 Å². The van der Waals surface area contributed by atoms with Crippen molar-refractivity contribution in [2.75, 3.05) is 6.54 Å². The van der Waals surface area contributed by atoms with Gasteiger partial charge in [-0.2, -0.15) is 0 Å². The number of guanidine groups is 1. The molecule has 0 spiro atoms. The molecule has 0 saturated carbocycles. The molecule has 2 rings (SSSR count). The second-order valence-corrected chi connectivity index (χ2v) is 4.88. The lowest BCUT2D eigenvalue weighted by Crippen LogP contribution is -2.31. The van der Waals surface area contributed by atoms with Crippen molar-refractivity contribution < 1.29 is 14.7 Å². The largest absolute Gasteiger partial charge is 0.476 e. The average molecular weight is 308 g/mol. The van der Waals surface area contributed by atoms with Crippen molar-refractivity contribution in [1.82, 2.24) is 10.3 Å². The molecule has 112 valence electrons. The predicted octanol–water partition coefficient (Wildman–Crippen LogP) is 1.20. The summed E-state index contributed by atoms with van der Waals surface area (Å²) in [5.41, 5.74) is 7.91. The molecule has 0 atom stereocenters. The van der Waals surface area contributed by atoms with Gasteiger partial charge in [0.1, 0.15) is 0 Å². The normalized spacial score (nSPS) is 9.52. The van der Waals surface area contributed by atoms with Crippen LogP contribution < -0.4 is 11.1 Å². The maximum atomic E-state index is 10.5. The molecule has 0 unspecified atom stereocenters. The molecule has 1 aromatic carbocycles. The highest BCUT2D eigenvalue weighted by molar-refractivity contribution is 7.16. The Morgan fingerprint density at radius 1 is 1.38 bits per heavy atom. The van der Waals surface area contributed by atoms with Crippen LogP contribution in [-0.2, 0) is 9.59 Å². The highest BCUT2D eigenvalue weighted by Gasteiger charge is 2.09. The Labute approximate surface area is 125 Å². The molecule has 21 heavy (non-hydrogen) atoms.